The van der Waals surface area contributed by atoms with Gasteiger partial charge >= 0.3 is 0 Å². The molecule has 0 bridgehead atoms. The second-order valence-corrected chi connectivity index (χ2v) is 5.79. The van der Waals surface area contributed by atoms with Gasteiger partial charge in [0.1, 0.15) is 0 Å². The third kappa shape index (κ3) is 9.05. The Morgan fingerprint density at radius 1 is 1.17 bits per heavy atom. The van der Waals surface area contributed by atoms with Gasteiger partial charge in [0.15, 0.2) is 9.84 Å². The van der Waals surface area contributed by atoms with E-state index in [9.17, 15) is 8.42 Å². The van der Waals surface area contributed by atoms with Gasteiger partial charge in [-0.2, -0.15) is 0 Å². The van der Waals surface area contributed by atoms with Gasteiger partial charge in [-0.3, -0.25) is 0 Å². The summed E-state index contributed by atoms with van der Waals surface area (Å²) in [5.74, 6) is 0.648. The minimum atomic E-state index is -2.83. The standard InChI is InChI=1S/C6H14ClO2PS.ClH/c7-3-6-11(8,9)5-2-1-4-10;/h1-6,10H2;1H. The third-order valence-electron chi connectivity index (χ3n) is 1.34. The summed E-state index contributed by atoms with van der Waals surface area (Å²) in [4.78, 5) is 0. The molecule has 0 aromatic heterocycles. The van der Waals surface area contributed by atoms with Gasteiger partial charge < -0.3 is 12.4 Å². The summed E-state index contributed by atoms with van der Waals surface area (Å²) in [6.45, 7) is 0. The van der Waals surface area contributed by atoms with E-state index in [0.29, 0.717) is 5.75 Å². The van der Waals surface area contributed by atoms with E-state index in [1.54, 1.807) is 0 Å². The maximum Gasteiger partial charge on any atom is 0.151 e. The SMILES string of the molecule is O=S(=O)(CCCl)CCCC[PH3+].[Cl-]. The summed E-state index contributed by atoms with van der Waals surface area (Å²) in [6, 6.07) is 0. The fourth-order valence-corrected chi connectivity index (χ4v) is 2.86. The lowest BCUT2D eigenvalue weighted by Crippen LogP contribution is -3.00. The van der Waals surface area contributed by atoms with Crippen LogP contribution in [0.25, 0.3) is 0 Å². The van der Waals surface area contributed by atoms with Gasteiger partial charge in [-0.25, -0.2) is 8.42 Å². The fraction of sp³-hybridized carbons (Fsp3) is 1.00. The Bertz CT molecular complexity index is 182. The van der Waals surface area contributed by atoms with Crippen LogP contribution in [0.3, 0.4) is 0 Å². The zero-order chi connectivity index (χ0) is 8.74. The van der Waals surface area contributed by atoms with Gasteiger partial charge in [0.2, 0.25) is 0 Å². The van der Waals surface area contributed by atoms with Crippen LogP contribution < -0.4 is 12.4 Å². The zero-order valence-corrected chi connectivity index (χ0v) is 10.7. The van der Waals surface area contributed by atoms with Gasteiger partial charge in [-0.1, -0.05) is 0 Å². The van der Waals surface area contributed by atoms with Gasteiger partial charge in [0.25, 0.3) is 0 Å². The van der Waals surface area contributed by atoms with Crippen molar-refractivity contribution < 1.29 is 20.8 Å². The molecule has 0 amide bonds. The maximum absolute atomic E-state index is 11.0. The molecule has 0 rings (SSSR count). The van der Waals surface area contributed by atoms with E-state index in [0.717, 1.165) is 19.0 Å². The first-order valence-corrected chi connectivity index (χ1v) is 7.03. The Hall–Kier alpha value is 0.960. The highest BCUT2D eigenvalue weighted by atomic mass is 35.5. The van der Waals surface area contributed by atoms with Crippen LogP contribution in [0, 0.1) is 0 Å². The fourth-order valence-electron chi connectivity index (χ4n) is 0.718. The second kappa shape index (κ2) is 8.55. The molecule has 0 radical (unpaired) electrons. The molecule has 1 atom stereocenters. The van der Waals surface area contributed by atoms with Crippen LogP contribution in [0.5, 0.6) is 0 Å². The molecule has 0 aromatic rings. The Morgan fingerprint density at radius 2 is 1.75 bits per heavy atom. The lowest BCUT2D eigenvalue weighted by molar-refractivity contribution is -0.00000463. The summed E-state index contributed by atoms with van der Waals surface area (Å²) in [5.41, 5.74) is 0. The smallest absolute Gasteiger partial charge is 0.151 e. The minimum Gasteiger partial charge on any atom is -1.00 e. The van der Waals surface area contributed by atoms with Crippen molar-refractivity contribution in [2.45, 2.75) is 12.8 Å². The van der Waals surface area contributed by atoms with Crippen molar-refractivity contribution in [1.82, 2.24) is 0 Å². The van der Waals surface area contributed by atoms with E-state index in [1.807, 2.05) is 9.24 Å². The number of unbranched alkanes of at least 4 members (excludes halogenated alkanes) is 1. The summed E-state index contributed by atoms with van der Waals surface area (Å²) < 4.78 is 22.0. The second-order valence-electron chi connectivity index (χ2n) is 2.40. The van der Waals surface area contributed by atoms with E-state index in [2.05, 4.69) is 0 Å². The summed E-state index contributed by atoms with van der Waals surface area (Å²) in [7, 11) is -0.959. The first-order valence-electron chi connectivity index (χ1n) is 3.68. The van der Waals surface area contributed by atoms with Gasteiger partial charge in [0.05, 0.1) is 17.7 Å². The largest absolute Gasteiger partial charge is 1.00 e. The maximum atomic E-state index is 11.0. The van der Waals surface area contributed by atoms with E-state index >= 15 is 0 Å². The molecule has 0 aromatic carbocycles. The van der Waals surface area contributed by atoms with Crippen molar-refractivity contribution >= 4 is 30.7 Å². The van der Waals surface area contributed by atoms with Crippen LogP contribution in [0.2, 0.25) is 0 Å². The molecule has 0 saturated carbocycles. The van der Waals surface area contributed by atoms with Gasteiger partial charge in [-0.15, -0.1) is 11.6 Å². The number of hydrogen-bond acceptors (Lipinski definition) is 2. The molecule has 0 aliphatic rings. The molecule has 0 fully saturated rings. The van der Waals surface area contributed by atoms with Crippen molar-refractivity contribution in [3.8, 4) is 0 Å². The quantitative estimate of drug-likeness (QED) is 0.313. The van der Waals surface area contributed by atoms with E-state index in [1.165, 1.54) is 0 Å². The molecular formula is C6H15Cl2O2PS. The number of sulfone groups is 1. The molecule has 0 aliphatic heterocycles. The molecule has 0 saturated heterocycles. The number of halogens is 2. The van der Waals surface area contributed by atoms with Crippen molar-refractivity contribution in [3.63, 3.8) is 0 Å². The number of hydrogen-bond donors (Lipinski definition) is 0. The third-order valence-corrected chi connectivity index (χ3v) is 3.99. The van der Waals surface area contributed by atoms with Crippen LogP contribution in [0.15, 0.2) is 0 Å². The van der Waals surface area contributed by atoms with Crippen molar-refractivity contribution in [2.75, 3.05) is 23.5 Å². The summed E-state index contributed by atoms with van der Waals surface area (Å²) >= 11 is 5.32. The lowest BCUT2D eigenvalue weighted by atomic mass is 10.4. The van der Waals surface area contributed by atoms with Crippen molar-refractivity contribution in [1.29, 1.82) is 0 Å². The number of alkyl halides is 1. The molecule has 2 nitrogen and oxygen atoms in total. The molecule has 0 aliphatic carbocycles. The molecular weight excluding hydrogens is 238 g/mol. The molecule has 0 heterocycles. The van der Waals surface area contributed by atoms with E-state index in [4.69, 9.17) is 11.6 Å². The van der Waals surface area contributed by atoms with Gasteiger partial charge in [-0.05, 0) is 22.1 Å². The zero-order valence-electron chi connectivity index (χ0n) is 6.93. The van der Waals surface area contributed by atoms with Crippen LogP contribution in [-0.2, 0) is 9.84 Å². The van der Waals surface area contributed by atoms with Crippen LogP contribution in [-0.4, -0.2) is 32.0 Å². The molecule has 0 spiro atoms. The average Bonchev–Trinajstić information content (AvgIpc) is 1.87. The molecule has 0 N–H and O–H groups in total. The summed E-state index contributed by atoms with van der Waals surface area (Å²) in [5, 5.41) is 0. The monoisotopic (exact) mass is 252 g/mol. The predicted molar refractivity (Wildman–Crippen MR) is 54.6 cm³/mol. The highest BCUT2D eigenvalue weighted by Gasteiger charge is 2.08. The normalized spacial score (nSPS) is 11.1. The highest BCUT2D eigenvalue weighted by molar-refractivity contribution is 7.91. The van der Waals surface area contributed by atoms with Crippen LogP contribution >= 0.6 is 20.8 Å². The van der Waals surface area contributed by atoms with Crippen LogP contribution in [0.1, 0.15) is 12.8 Å². The molecule has 12 heavy (non-hydrogen) atoms. The Balaban J connectivity index is 0. The minimum absolute atomic E-state index is 0. The predicted octanol–water partition coefficient (Wildman–Crippen LogP) is -1.97. The highest BCUT2D eigenvalue weighted by Crippen LogP contribution is 2.00. The Morgan fingerprint density at radius 3 is 2.17 bits per heavy atom. The molecule has 1 unspecified atom stereocenters. The van der Waals surface area contributed by atoms with Crippen molar-refractivity contribution in [2.24, 2.45) is 0 Å². The Labute approximate surface area is 88.0 Å². The number of rotatable bonds is 6. The summed E-state index contributed by atoms with van der Waals surface area (Å²) in [6.07, 6.45) is 2.86. The van der Waals surface area contributed by atoms with E-state index in [-0.39, 0.29) is 24.0 Å². The first-order chi connectivity index (χ1) is 5.12. The molecule has 76 valence electrons. The van der Waals surface area contributed by atoms with Gasteiger partial charge in [0, 0.05) is 5.88 Å². The van der Waals surface area contributed by atoms with Crippen LogP contribution in [0.4, 0.5) is 0 Å². The Kier molecular flexibility index (Phi) is 11.0. The van der Waals surface area contributed by atoms with E-state index < -0.39 is 9.84 Å². The first kappa shape index (κ1) is 15.4. The van der Waals surface area contributed by atoms with Crippen molar-refractivity contribution in [3.05, 3.63) is 0 Å². The topological polar surface area (TPSA) is 34.1 Å². The lowest BCUT2D eigenvalue weighted by Gasteiger charge is -1.98. The molecule has 6 heteroatoms. The average molecular weight is 253 g/mol.